The van der Waals surface area contributed by atoms with Crippen molar-refractivity contribution < 1.29 is 38.4 Å². The summed E-state index contributed by atoms with van der Waals surface area (Å²) in [6, 6.07) is 18.7. The first-order valence-electron chi connectivity index (χ1n) is 12.0. The van der Waals surface area contributed by atoms with E-state index in [-0.39, 0.29) is 20.0 Å². The zero-order valence-corrected chi connectivity index (χ0v) is 21.2. The number of fused-ring (bicyclic) bond motifs is 1. The Hall–Kier alpha value is -4.74. The molecule has 39 heavy (non-hydrogen) atoms. The number of nitrogen functional groups attached to an aromatic ring is 1. The van der Waals surface area contributed by atoms with E-state index in [1.54, 1.807) is 66.7 Å². The van der Waals surface area contributed by atoms with Crippen LogP contribution in [0.5, 0.6) is 17.2 Å². The summed E-state index contributed by atoms with van der Waals surface area (Å²) in [4.78, 5) is 25.6. The quantitative estimate of drug-likeness (QED) is 0.212. The van der Waals surface area contributed by atoms with Crippen molar-refractivity contribution in [2.45, 2.75) is 12.2 Å². The van der Waals surface area contributed by atoms with Gasteiger partial charge in [-0.3, -0.25) is 10.1 Å². The highest BCUT2D eigenvalue weighted by molar-refractivity contribution is 6.01. The highest BCUT2D eigenvalue weighted by atomic mass is 16.7. The summed E-state index contributed by atoms with van der Waals surface area (Å²) in [6.07, 6.45) is 0.0162. The number of aliphatic hydroxyl groups is 1. The molecule has 3 aromatic carbocycles. The molecule has 0 aromatic heterocycles. The molecule has 0 aliphatic carbocycles. The minimum Gasteiger partial charge on any atom is -0.491 e. The van der Waals surface area contributed by atoms with Gasteiger partial charge in [0.1, 0.15) is 18.5 Å². The lowest BCUT2D eigenvalue weighted by molar-refractivity contribution is -0.112. The lowest BCUT2D eigenvalue weighted by atomic mass is 10.0. The zero-order valence-electron chi connectivity index (χ0n) is 21.2. The number of methoxy groups -OCH3 is 1. The van der Waals surface area contributed by atoms with Crippen LogP contribution in [0.15, 0.2) is 78.9 Å². The Kier molecular flexibility index (Phi) is 9.22. The van der Waals surface area contributed by atoms with E-state index < -0.39 is 24.2 Å². The molecule has 0 saturated heterocycles. The van der Waals surface area contributed by atoms with Crippen LogP contribution in [0.2, 0.25) is 0 Å². The molecule has 0 bridgehead atoms. The van der Waals surface area contributed by atoms with Crippen LogP contribution >= 0.6 is 0 Å². The number of amides is 2. The van der Waals surface area contributed by atoms with Crippen LogP contribution in [0.3, 0.4) is 0 Å². The number of ether oxygens (including phenoxy) is 5. The van der Waals surface area contributed by atoms with Gasteiger partial charge in [-0.1, -0.05) is 30.3 Å². The molecule has 4 rings (SSSR count). The van der Waals surface area contributed by atoms with Gasteiger partial charge >= 0.3 is 6.09 Å². The standard InChI is InChI=1S/C28H29N3O8/c1-35-24(12-13-26(33)31-21-8-4-3-7-20(21)29)27(19-6-2-5-9-22(19)36-15-14-32)39-28(34)30-18-10-11-23-25(16-18)38-17-37-23/h2-13,16,24,27,32H,14-15,17,29H2,1H3,(H,30,34)(H,31,33)/b13-12+/t24-,27-/m0/s1. The van der Waals surface area contributed by atoms with Gasteiger partial charge in [0.15, 0.2) is 17.6 Å². The maximum absolute atomic E-state index is 13.0. The minimum absolute atomic E-state index is 0.0293. The van der Waals surface area contributed by atoms with Crippen molar-refractivity contribution in [3.63, 3.8) is 0 Å². The molecule has 0 saturated carbocycles. The lowest BCUT2D eigenvalue weighted by Gasteiger charge is -2.26. The molecule has 3 aromatic rings. The molecular weight excluding hydrogens is 506 g/mol. The van der Waals surface area contributed by atoms with Crippen LogP contribution in [0.25, 0.3) is 0 Å². The van der Waals surface area contributed by atoms with Gasteiger partial charge in [0, 0.05) is 30.5 Å². The van der Waals surface area contributed by atoms with E-state index in [1.165, 1.54) is 19.3 Å². The van der Waals surface area contributed by atoms with Gasteiger partial charge in [-0.2, -0.15) is 0 Å². The molecular formula is C28H29N3O8. The number of anilines is 3. The third-order valence-electron chi connectivity index (χ3n) is 5.65. The molecule has 0 spiro atoms. The normalized spacial score (nSPS) is 13.5. The lowest BCUT2D eigenvalue weighted by Crippen LogP contribution is -2.27. The predicted octanol–water partition coefficient (Wildman–Crippen LogP) is 3.87. The van der Waals surface area contributed by atoms with Crippen LogP contribution in [-0.4, -0.2) is 50.3 Å². The fourth-order valence-electron chi connectivity index (χ4n) is 3.82. The summed E-state index contributed by atoms with van der Waals surface area (Å²) < 4.78 is 27.8. The summed E-state index contributed by atoms with van der Waals surface area (Å²) in [6.45, 7) is -0.0788. The molecule has 0 fully saturated rings. The van der Waals surface area contributed by atoms with Gasteiger partial charge in [0.2, 0.25) is 12.7 Å². The average Bonchev–Trinajstić information content (AvgIpc) is 3.41. The Morgan fingerprint density at radius 1 is 1.05 bits per heavy atom. The third kappa shape index (κ3) is 7.18. The topological polar surface area (TPSA) is 151 Å². The molecule has 11 nitrogen and oxygen atoms in total. The number of benzene rings is 3. The van der Waals surface area contributed by atoms with Crippen LogP contribution in [0, 0.1) is 0 Å². The molecule has 2 atom stereocenters. The number of nitrogens with one attached hydrogen (secondary N) is 2. The van der Waals surface area contributed by atoms with Crippen LogP contribution in [0.4, 0.5) is 21.9 Å². The van der Waals surface area contributed by atoms with Gasteiger partial charge in [-0.05, 0) is 36.4 Å². The van der Waals surface area contributed by atoms with Crippen molar-refractivity contribution in [3.8, 4) is 17.2 Å². The zero-order chi connectivity index (χ0) is 27.6. The van der Waals surface area contributed by atoms with Crippen molar-refractivity contribution in [2.24, 2.45) is 0 Å². The van der Waals surface area contributed by atoms with Gasteiger partial charge in [-0.15, -0.1) is 0 Å². The van der Waals surface area contributed by atoms with E-state index in [0.717, 1.165) is 0 Å². The summed E-state index contributed by atoms with van der Waals surface area (Å²) in [5.41, 5.74) is 7.68. The largest absolute Gasteiger partial charge is 0.491 e. The molecule has 204 valence electrons. The smallest absolute Gasteiger partial charge is 0.412 e. The van der Waals surface area contributed by atoms with Gasteiger partial charge in [-0.25, -0.2) is 4.79 Å². The first-order valence-corrected chi connectivity index (χ1v) is 12.0. The maximum atomic E-state index is 13.0. The molecule has 1 heterocycles. The number of carbonyl (C=O) groups is 2. The molecule has 1 aliphatic heterocycles. The fraction of sp³-hybridized carbons (Fsp3) is 0.214. The number of nitrogens with two attached hydrogens (primary N) is 1. The Labute approximate surface area is 225 Å². The van der Waals surface area contributed by atoms with Crippen LogP contribution < -0.4 is 30.6 Å². The molecule has 0 unspecified atom stereocenters. The second-order valence-electron chi connectivity index (χ2n) is 8.26. The maximum Gasteiger partial charge on any atom is 0.412 e. The van der Waals surface area contributed by atoms with Crippen molar-refractivity contribution in [3.05, 3.63) is 84.4 Å². The highest BCUT2D eigenvalue weighted by Gasteiger charge is 2.29. The van der Waals surface area contributed by atoms with Gasteiger partial charge in [0.05, 0.1) is 18.0 Å². The third-order valence-corrected chi connectivity index (χ3v) is 5.65. The SMILES string of the molecule is CO[C@@H](/C=C/C(=O)Nc1ccccc1N)[C@@H](OC(=O)Nc1ccc2c(c1)OCO2)c1ccccc1OCCO. The van der Waals surface area contributed by atoms with Crippen molar-refractivity contribution in [1.82, 2.24) is 0 Å². The average molecular weight is 536 g/mol. The second kappa shape index (κ2) is 13.2. The number of aliphatic hydroxyl groups excluding tert-OH is 1. The summed E-state index contributed by atoms with van der Waals surface area (Å²) in [5.74, 6) is 0.990. The minimum atomic E-state index is -1.04. The highest BCUT2D eigenvalue weighted by Crippen LogP contribution is 2.35. The predicted molar refractivity (Wildman–Crippen MR) is 144 cm³/mol. The fourth-order valence-corrected chi connectivity index (χ4v) is 3.82. The molecule has 2 amide bonds. The number of hydrogen-bond donors (Lipinski definition) is 4. The van der Waals surface area contributed by atoms with E-state index in [4.69, 9.17) is 29.4 Å². The Balaban J connectivity index is 1.56. The number of rotatable bonds is 11. The Morgan fingerprint density at radius 2 is 1.82 bits per heavy atom. The number of para-hydroxylation sites is 3. The summed E-state index contributed by atoms with van der Waals surface area (Å²) >= 11 is 0. The van der Waals surface area contributed by atoms with Crippen molar-refractivity contribution in [2.75, 3.05) is 43.5 Å². The monoisotopic (exact) mass is 535 g/mol. The number of carbonyl (C=O) groups excluding carboxylic acids is 2. The van der Waals surface area contributed by atoms with Gasteiger partial charge in [0.25, 0.3) is 0 Å². The summed E-state index contributed by atoms with van der Waals surface area (Å²) in [7, 11) is 1.42. The summed E-state index contributed by atoms with van der Waals surface area (Å²) in [5, 5.41) is 14.6. The second-order valence-corrected chi connectivity index (χ2v) is 8.26. The first-order chi connectivity index (χ1) is 19.0. The van der Waals surface area contributed by atoms with E-state index in [1.807, 2.05) is 0 Å². The Morgan fingerprint density at radius 3 is 2.62 bits per heavy atom. The molecule has 5 N–H and O–H groups in total. The van der Waals surface area contributed by atoms with E-state index in [0.29, 0.717) is 39.9 Å². The van der Waals surface area contributed by atoms with E-state index in [9.17, 15) is 14.7 Å². The van der Waals surface area contributed by atoms with Crippen molar-refractivity contribution in [1.29, 1.82) is 0 Å². The van der Waals surface area contributed by atoms with Gasteiger partial charge < -0.3 is 39.8 Å². The first kappa shape index (κ1) is 27.3. The van der Waals surface area contributed by atoms with Crippen molar-refractivity contribution >= 4 is 29.1 Å². The molecule has 0 radical (unpaired) electrons. The van der Waals surface area contributed by atoms with E-state index in [2.05, 4.69) is 10.6 Å². The molecule has 1 aliphatic rings. The Bertz CT molecular complexity index is 1330. The van der Waals surface area contributed by atoms with Crippen LogP contribution in [0.1, 0.15) is 11.7 Å². The number of hydrogen-bond acceptors (Lipinski definition) is 9. The van der Waals surface area contributed by atoms with E-state index >= 15 is 0 Å². The van der Waals surface area contributed by atoms with Crippen LogP contribution in [-0.2, 0) is 14.3 Å². The molecule has 11 heteroatoms.